The molecule has 0 spiro atoms. The van der Waals surface area contributed by atoms with Crippen molar-refractivity contribution in [3.8, 4) is 0 Å². The number of nitrogens with two attached hydrogens (primary N) is 2. The van der Waals surface area contributed by atoms with Crippen molar-refractivity contribution in [1.82, 2.24) is 4.90 Å². The van der Waals surface area contributed by atoms with Gasteiger partial charge in [0, 0.05) is 13.1 Å². The average Bonchev–Trinajstić information content (AvgIpc) is 2.79. The number of hydrogen-bond donors (Lipinski definition) is 3. The van der Waals surface area contributed by atoms with Gasteiger partial charge in [0.2, 0.25) is 0 Å². The number of thiophene rings is 1. The number of nitrogens with one attached hydrogen (secondary N) is 1. The molecule has 0 aliphatic rings. The lowest BCUT2D eigenvalue weighted by Gasteiger charge is -2.18. The molecule has 0 atom stereocenters. The summed E-state index contributed by atoms with van der Waals surface area (Å²) < 4.78 is 4.65. The van der Waals surface area contributed by atoms with E-state index in [2.05, 4.69) is 28.8 Å². The zero-order valence-corrected chi connectivity index (χ0v) is 13.4. The lowest BCUT2D eigenvalue weighted by Crippen LogP contribution is -2.28. The third-order valence-electron chi connectivity index (χ3n) is 3.17. The van der Waals surface area contributed by atoms with Crippen molar-refractivity contribution in [2.24, 2.45) is 5.73 Å². The minimum absolute atomic E-state index is 0.0738. The van der Waals surface area contributed by atoms with Gasteiger partial charge >= 0.3 is 5.97 Å². The van der Waals surface area contributed by atoms with Crippen molar-refractivity contribution < 1.29 is 14.3 Å². The summed E-state index contributed by atoms with van der Waals surface area (Å²) in [6.45, 7) is 7.49. The third kappa shape index (κ3) is 4.08. The minimum Gasteiger partial charge on any atom is -0.465 e. The van der Waals surface area contributed by atoms with Crippen molar-refractivity contribution in [3.05, 3.63) is 10.4 Å². The van der Waals surface area contributed by atoms with Gasteiger partial charge in [-0.3, -0.25) is 4.79 Å². The normalized spacial score (nSPS) is 10.7. The molecule has 0 unspecified atom stereocenters. The molecular weight excluding hydrogens is 292 g/mol. The molecule has 1 aromatic rings. The Bertz CT molecular complexity index is 512. The maximum atomic E-state index is 11.6. The van der Waals surface area contributed by atoms with E-state index < -0.39 is 11.9 Å². The summed E-state index contributed by atoms with van der Waals surface area (Å²) in [5.74, 6) is -1.24. The summed E-state index contributed by atoms with van der Waals surface area (Å²) in [5.41, 5.74) is 11.4. The van der Waals surface area contributed by atoms with E-state index in [1.165, 1.54) is 7.11 Å². The number of carbonyl (C=O) groups is 2. The van der Waals surface area contributed by atoms with Crippen molar-refractivity contribution >= 4 is 33.9 Å². The molecule has 0 saturated carbocycles. The standard InChI is InChI=1S/C13H22N4O3S/c1-4-17(5-2)7-6-16-12-8(11(15)18)9(14)10(21-12)13(19)20-3/h16H,4-7,14H2,1-3H3,(H2,15,18). The number of rotatable bonds is 8. The molecule has 0 aliphatic carbocycles. The van der Waals surface area contributed by atoms with Crippen LogP contribution in [0.3, 0.4) is 0 Å². The van der Waals surface area contributed by atoms with Crippen LogP contribution in [0.5, 0.6) is 0 Å². The van der Waals surface area contributed by atoms with Crippen LogP contribution >= 0.6 is 11.3 Å². The first-order valence-electron chi connectivity index (χ1n) is 6.72. The summed E-state index contributed by atoms with van der Waals surface area (Å²) >= 11 is 1.08. The van der Waals surface area contributed by atoms with Gasteiger partial charge in [0.1, 0.15) is 9.88 Å². The smallest absolute Gasteiger partial charge is 0.350 e. The SMILES string of the molecule is CCN(CC)CCNc1sc(C(=O)OC)c(N)c1C(N)=O. The quantitative estimate of drug-likeness (QED) is 0.617. The van der Waals surface area contributed by atoms with Gasteiger partial charge < -0.3 is 26.4 Å². The molecule has 7 nitrogen and oxygen atoms in total. The number of nitrogens with zero attached hydrogens (tertiary/aromatic N) is 1. The van der Waals surface area contributed by atoms with Crippen molar-refractivity contribution in [2.75, 3.05) is 44.3 Å². The van der Waals surface area contributed by atoms with Gasteiger partial charge in [-0.05, 0) is 13.1 Å². The molecule has 1 heterocycles. The van der Waals surface area contributed by atoms with E-state index >= 15 is 0 Å². The Kier molecular flexibility index (Phi) is 6.44. The Morgan fingerprint density at radius 2 is 1.95 bits per heavy atom. The molecule has 1 aromatic heterocycles. The molecule has 1 amide bonds. The van der Waals surface area contributed by atoms with E-state index in [1.807, 2.05) is 0 Å². The van der Waals surface area contributed by atoms with Gasteiger partial charge in [0.25, 0.3) is 5.91 Å². The third-order valence-corrected chi connectivity index (χ3v) is 4.31. The Labute approximate surface area is 128 Å². The fraction of sp³-hybridized carbons (Fsp3) is 0.538. The second-order valence-corrected chi connectivity index (χ2v) is 5.38. The van der Waals surface area contributed by atoms with Crippen LogP contribution in [0.2, 0.25) is 0 Å². The second-order valence-electron chi connectivity index (χ2n) is 4.36. The van der Waals surface area contributed by atoms with Crippen LogP contribution in [-0.2, 0) is 4.74 Å². The lowest BCUT2D eigenvalue weighted by atomic mass is 10.2. The number of hydrogen-bond acceptors (Lipinski definition) is 7. The molecule has 0 fully saturated rings. The summed E-state index contributed by atoms with van der Waals surface area (Å²) in [4.78, 5) is 25.6. The predicted molar refractivity (Wildman–Crippen MR) is 84.9 cm³/mol. The van der Waals surface area contributed by atoms with Crippen molar-refractivity contribution in [3.63, 3.8) is 0 Å². The van der Waals surface area contributed by atoms with E-state index in [9.17, 15) is 9.59 Å². The summed E-state index contributed by atoms with van der Waals surface area (Å²) in [6.07, 6.45) is 0. The van der Waals surface area contributed by atoms with Crippen LogP contribution in [0.15, 0.2) is 0 Å². The van der Waals surface area contributed by atoms with Crippen LogP contribution in [0.1, 0.15) is 33.9 Å². The molecular formula is C13H22N4O3S. The van der Waals surface area contributed by atoms with Crippen molar-refractivity contribution in [2.45, 2.75) is 13.8 Å². The molecule has 8 heteroatoms. The van der Waals surface area contributed by atoms with Crippen LogP contribution in [0.4, 0.5) is 10.7 Å². The van der Waals surface area contributed by atoms with Crippen LogP contribution in [0.25, 0.3) is 0 Å². The zero-order valence-electron chi connectivity index (χ0n) is 12.6. The predicted octanol–water partition coefficient (Wildman–Crippen LogP) is 0.970. The molecule has 0 radical (unpaired) electrons. The second kappa shape index (κ2) is 7.84. The first-order valence-corrected chi connectivity index (χ1v) is 7.54. The molecule has 118 valence electrons. The number of nitrogen functional groups attached to an aromatic ring is 1. The molecule has 0 bridgehead atoms. The maximum Gasteiger partial charge on any atom is 0.350 e. The minimum atomic E-state index is -0.663. The molecule has 5 N–H and O–H groups in total. The maximum absolute atomic E-state index is 11.6. The molecule has 21 heavy (non-hydrogen) atoms. The average molecular weight is 314 g/mol. The van der Waals surface area contributed by atoms with E-state index in [0.717, 1.165) is 31.0 Å². The van der Waals surface area contributed by atoms with E-state index in [0.29, 0.717) is 11.5 Å². The zero-order chi connectivity index (χ0) is 16.0. The number of carbonyl (C=O) groups excluding carboxylic acids is 2. The van der Waals surface area contributed by atoms with Gasteiger partial charge in [-0.25, -0.2) is 4.79 Å². The molecule has 0 saturated heterocycles. The highest BCUT2D eigenvalue weighted by atomic mass is 32.1. The Morgan fingerprint density at radius 1 is 1.33 bits per heavy atom. The fourth-order valence-corrected chi connectivity index (χ4v) is 2.99. The number of esters is 1. The number of anilines is 2. The van der Waals surface area contributed by atoms with Crippen LogP contribution < -0.4 is 16.8 Å². The number of likely N-dealkylation sites (N-methyl/N-ethyl adjacent to an activating group) is 1. The lowest BCUT2D eigenvalue weighted by molar-refractivity contribution is 0.0607. The van der Waals surface area contributed by atoms with Crippen molar-refractivity contribution in [1.29, 1.82) is 0 Å². The first-order chi connectivity index (χ1) is 9.96. The largest absolute Gasteiger partial charge is 0.465 e. The summed E-state index contributed by atoms with van der Waals surface area (Å²) in [6, 6.07) is 0. The number of primary amides is 1. The summed E-state index contributed by atoms with van der Waals surface area (Å²) in [7, 11) is 1.26. The van der Waals surface area contributed by atoms with Gasteiger partial charge in [0.15, 0.2) is 0 Å². The highest BCUT2D eigenvalue weighted by Crippen LogP contribution is 2.35. The van der Waals surface area contributed by atoms with Crippen LogP contribution in [-0.4, -0.2) is 50.1 Å². The summed E-state index contributed by atoms with van der Waals surface area (Å²) in [5, 5.41) is 3.63. The Hall–Kier alpha value is -1.80. The first kappa shape index (κ1) is 17.3. The van der Waals surface area contributed by atoms with Gasteiger partial charge in [-0.1, -0.05) is 13.8 Å². The Morgan fingerprint density at radius 3 is 2.43 bits per heavy atom. The highest BCUT2D eigenvalue weighted by molar-refractivity contribution is 7.19. The highest BCUT2D eigenvalue weighted by Gasteiger charge is 2.24. The number of methoxy groups -OCH3 is 1. The molecule has 0 aromatic carbocycles. The number of amides is 1. The number of ether oxygens (including phenoxy) is 1. The molecule has 1 rings (SSSR count). The van der Waals surface area contributed by atoms with E-state index in [4.69, 9.17) is 11.5 Å². The van der Waals surface area contributed by atoms with E-state index in [1.54, 1.807) is 0 Å². The molecule has 0 aliphatic heterocycles. The topological polar surface area (TPSA) is 111 Å². The monoisotopic (exact) mass is 314 g/mol. The Balaban J connectivity index is 2.90. The fourth-order valence-electron chi connectivity index (χ4n) is 1.92. The van der Waals surface area contributed by atoms with Gasteiger partial charge in [-0.2, -0.15) is 0 Å². The van der Waals surface area contributed by atoms with E-state index in [-0.39, 0.29) is 16.1 Å². The van der Waals surface area contributed by atoms with Gasteiger partial charge in [0.05, 0.1) is 18.4 Å². The van der Waals surface area contributed by atoms with Gasteiger partial charge in [-0.15, -0.1) is 11.3 Å². The van der Waals surface area contributed by atoms with Crippen LogP contribution in [0, 0.1) is 0 Å².